The average molecular weight is 403 g/mol. The molecule has 0 bridgehead atoms. The minimum atomic E-state index is -0.403. The standard InChI is InChI=1S/C17H14IN3O/c1-12-16(11-19-14-9-7-13(18)8-10-14)17(22)21(20-12)15-5-3-2-4-6-15/h2-11,16H,1H3/t16-/m0/s1. The summed E-state index contributed by atoms with van der Waals surface area (Å²) in [6, 6.07) is 17.3. The number of hydrogen-bond donors (Lipinski definition) is 0. The molecular weight excluding hydrogens is 389 g/mol. The third kappa shape index (κ3) is 3.09. The van der Waals surface area contributed by atoms with Crippen LogP contribution in [0.5, 0.6) is 0 Å². The maximum absolute atomic E-state index is 12.5. The van der Waals surface area contributed by atoms with E-state index in [-0.39, 0.29) is 5.91 Å². The van der Waals surface area contributed by atoms with Crippen LogP contribution in [0.2, 0.25) is 0 Å². The van der Waals surface area contributed by atoms with Crippen molar-refractivity contribution in [1.29, 1.82) is 0 Å². The Bertz CT molecular complexity index is 738. The lowest BCUT2D eigenvalue weighted by Gasteiger charge is -2.12. The van der Waals surface area contributed by atoms with E-state index in [1.54, 1.807) is 6.21 Å². The van der Waals surface area contributed by atoms with Crippen molar-refractivity contribution >= 4 is 51.8 Å². The molecule has 0 unspecified atom stereocenters. The summed E-state index contributed by atoms with van der Waals surface area (Å²) in [4.78, 5) is 16.9. The molecule has 4 nitrogen and oxygen atoms in total. The van der Waals surface area contributed by atoms with Crippen LogP contribution >= 0.6 is 22.6 Å². The van der Waals surface area contributed by atoms with Crippen LogP contribution in [-0.2, 0) is 4.79 Å². The van der Waals surface area contributed by atoms with Crippen molar-refractivity contribution in [3.8, 4) is 0 Å². The molecule has 1 heterocycles. The fraction of sp³-hybridized carbons (Fsp3) is 0.118. The molecule has 1 amide bonds. The van der Waals surface area contributed by atoms with Gasteiger partial charge >= 0.3 is 0 Å². The lowest BCUT2D eigenvalue weighted by molar-refractivity contribution is -0.118. The molecule has 0 N–H and O–H groups in total. The van der Waals surface area contributed by atoms with E-state index in [2.05, 4.69) is 32.7 Å². The van der Waals surface area contributed by atoms with Gasteiger partial charge in [0.1, 0.15) is 5.92 Å². The lowest BCUT2D eigenvalue weighted by Crippen LogP contribution is -2.27. The Morgan fingerprint density at radius 1 is 1.14 bits per heavy atom. The summed E-state index contributed by atoms with van der Waals surface area (Å²) in [5.74, 6) is -0.475. The van der Waals surface area contributed by atoms with Crippen molar-refractivity contribution in [3.63, 3.8) is 0 Å². The van der Waals surface area contributed by atoms with Crippen LogP contribution in [0.25, 0.3) is 0 Å². The van der Waals surface area contributed by atoms with E-state index in [9.17, 15) is 4.79 Å². The molecule has 5 heteroatoms. The van der Waals surface area contributed by atoms with E-state index in [0.717, 1.165) is 20.7 Å². The second-order valence-electron chi connectivity index (χ2n) is 4.96. The maximum Gasteiger partial charge on any atom is 0.261 e. The molecule has 3 rings (SSSR count). The minimum absolute atomic E-state index is 0.0713. The number of halogens is 1. The lowest BCUT2D eigenvalue weighted by atomic mass is 10.1. The molecule has 0 fully saturated rings. The van der Waals surface area contributed by atoms with Crippen LogP contribution in [-0.4, -0.2) is 17.8 Å². The molecule has 1 aliphatic heterocycles. The smallest absolute Gasteiger partial charge is 0.261 e. The quantitative estimate of drug-likeness (QED) is 0.564. The molecule has 2 aromatic carbocycles. The van der Waals surface area contributed by atoms with Crippen LogP contribution in [0.15, 0.2) is 64.7 Å². The van der Waals surface area contributed by atoms with Crippen molar-refractivity contribution in [1.82, 2.24) is 0 Å². The fourth-order valence-electron chi connectivity index (χ4n) is 2.19. The van der Waals surface area contributed by atoms with E-state index >= 15 is 0 Å². The Morgan fingerprint density at radius 2 is 1.82 bits per heavy atom. The number of nitrogens with zero attached hydrogens (tertiary/aromatic N) is 3. The van der Waals surface area contributed by atoms with Crippen LogP contribution in [0.3, 0.4) is 0 Å². The molecule has 22 heavy (non-hydrogen) atoms. The number of rotatable bonds is 3. The Labute approximate surface area is 142 Å². The van der Waals surface area contributed by atoms with E-state index in [0.29, 0.717) is 0 Å². The second kappa shape index (κ2) is 6.39. The molecule has 0 saturated heterocycles. The van der Waals surface area contributed by atoms with Crippen LogP contribution in [0.4, 0.5) is 11.4 Å². The van der Waals surface area contributed by atoms with Crippen molar-refractivity contribution in [2.45, 2.75) is 6.92 Å². The molecule has 0 spiro atoms. The Kier molecular flexibility index (Phi) is 4.33. The number of hydrazone groups is 1. The SMILES string of the molecule is CC1=NN(c2ccccc2)C(=O)[C@H]1C=Nc1ccc(I)cc1. The number of hydrogen-bond acceptors (Lipinski definition) is 3. The van der Waals surface area contributed by atoms with Gasteiger partial charge in [0.05, 0.1) is 17.1 Å². The zero-order chi connectivity index (χ0) is 15.5. The minimum Gasteiger partial charge on any atom is -0.271 e. The molecule has 0 aromatic heterocycles. The topological polar surface area (TPSA) is 45.0 Å². The third-order valence-electron chi connectivity index (χ3n) is 3.38. The Morgan fingerprint density at radius 3 is 2.50 bits per heavy atom. The fourth-order valence-corrected chi connectivity index (χ4v) is 2.55. The third-order valence-corrected chi connectivity index (χ3v) is 4.10. The monoisotopic (exact) mass is 403 g/mol. The molecule has 1 atom stereocenters. The van der Waals surface area contributed by atoms with Gasteiger partial charge in [-0.05, 0) is 65.9 Å². The highest BCUT2D eigenvalue weighted by atomic mass is 127. The van der Waals surface area contributed by atoms with Gasteiger partial charge in [-0.15, -0.1) is 0 Å². The first-order chi connectivity index (χ1) is 10.6. The summed E-state index contributed by atoms with van der Waals surface area (Å²) in [5, 5.41) is 5.80. The van der Waals surface area contributed by atoms with Crippen molar-refractivity contribution in [3.05, 3.63) is 58.2 Å². The molecule has 0 aliphatic carbocycles. The molecule has 2 aromatic rings. The van der Waals surface area contributed by atoms with Gasteiger partial charge in [0, 0.05) is 9.78 Å². The van der Waals surface area contributed by atoms with Gasteiger partial charge in [-0.2, -0.15) is 10.1 Å². The summed E-state index contributed by atoms with van der Waals surface area (Å²) >= 11 is 2.25. The van der Waals surface area contributed by atoms with E-state index in [1.165, 1.54) is 5.01 Å². The number of para-hydroxylation sites is 1. The van der Waals surface area contributed by atoms with Crippen molar-refractivity contribution < 1.29 is 4.79 Å². The van der Waals surface area contributed by atoms with Crippen LogP contribution < -0.4 is 5.01 Å². The Balaban J connectivity index is 1.80. The normalized spacial score (nSPS) is 18.1. The van der Waals surface area contributed by atoms with Gasteiger partial charge in [-0.3, -0.25) is 9.79 Å². The number of aliphatic imine (C=N–C) groups is 1. The number of benzene rings is 2. The first kappa shape index (κ1) is 14.9. The molecule has 0 saturated carbocycles. The van der Waals surface area contributed by atoms with E-state index in [4.69, 9.17) is 0 Å². The van der Waals surface area contributed by atoms with Gasteiger partial charge in [0.2, 0.25) is 0 Å². The largest absolute Gasteiger partial charge is 0.271 e. The molecular formula is C17H14IN3O. The van der Waals surface area contributed by atoms with Gasteiger partial charge in [-0.1, -0.05) is 18.2 Å². The van der Waals surface area contributed by atoms with E-state index in [1.807, 2.05) is 61.5 Å². The number of amides is 1. The number of carbonyl (C=O) groups is 1. The number of anilines is 1. The highest BCUT2D eigenvalue weighted by Crippen LogP contribution is 2.23. The molecule has 110 valence electrons. The van der Waals surface area contributed by atoms with Crippen LogP contribution in [0.1, 0.15) is 6.92 Å². The Hall–Kier alpha value is -2.02. The highest BCUT2D eigenvalue weighted by Gasteiger charge is 2.32. The predicted molar refractivity (Wildman–Crippen MR) is 97.8 cm³/mol. The summed E-state index contributed by atoms with van der Waals surface area (Å²) in [5.41, 5.74) is 2.36. The summed E-state index contributed by atoms with van der Waals surface area (Å²) in [6.07, 6.45) is 1.67. The van der Waals surface area contributed by atoms with Gasteiger partial charge in [-0.25, -0.2) is 0 Å². The van der Waals surface area contributed by atoms with Gasteiger partial charge in [0.15, 0.2) is 0 Å². The summed E-state index contributed by atoms with van der Waals surface area (Å²) in [7, 11) is 0. The maximum atomic E-state index is 12.5. The van der Waals surface area contributed by atoms with Gasteiger partial charge < -0.3 is 0 Å². The molecule has 1 aliphatic rings. The second-order valence-corrected chi connectivity index (χ2v) is 6.20. The first-order valence-electron chi connectivity index (χ1n) is 6.89. The van der Waals surface area contributed by atoms with Crippen molar-refractivity contribution in [2.24, 2.45) is 16.0 Å². The van der Waals surface area contributed by atoms with Gasteiger partial charge in [0.25, 0.3) is 5.91 Å². The van der Waals surface area contributed by atoms with Crippen molar-refractivity contribution in [2.75, 3.05) is 5.01 Å². The van der Waals surface area contributed by atoms with E-state index < -0.39 is 5.92 Å². The first-order valence-corrected chi connectivity index (χ1v) is 7.97. The summed E-state index contributed by atoms with van der Waals surface area (Å²) in [6.45, 7) is 1.85. The zero-order valence-electron chi connectivity index (χ0n) is 12.0. The number of carbonyl (C=O) groups excluding carboxylic acids is 1. The molecule has 0 radical (unpaired) electrons. The zero-order valence-corrected chi connectivity index (χ0v) is 14.1. The van der Waals surface area contributed by atoms with Crippen LogP contribution in [0, 0.1) is 9.49 Å². The highest BCUT2D eigenvalue weighted by molar-refractivity contribution is 14.1. The predicted octanol–water partition coefficient (Wildman–Crippen LogP) is 4.03. The average Bonchev–Trinajstić information content (AvgIpc) is 2.82. The summed E-state index contributed by atoms with van der Waals surface area (Å²) < 4.78 is 1.15.